The number of benzene rings is 1. The van der Waals surface area contributed by atoms with E-state index >= 15 is 0 Å². The van der Waals surface area contributed by atoms with Gasteiger partial charge in [-0.05, 0) is 18.6 Å². The van der Waals surface area contributed by atoms with Crippen LogP contribution in [-0.2, 0) is 0 Å². The maximum atomic E-state index is 5.85. The summed E-state index contributed by atoms with van der Waals surface area (Å²) in [6.07, 6.45) is 1.71. The molecule has 55 valence electrons. The predicted molar refractivity (Wildman–Crippen MR) is 44.7 cm³/mol. The van der Waals surface area contributed by atoms with Crippen molar-refractivity contribution in [3.63, 3.8) is 0 Å². The van der Waals surface area contributed by atoms with Crippen LogP contribution >= 0.6 is 11.6 Å². The third kappa shape index (κ3) is 0.994. The van der Waals surface area contributed by atoms with Crippen LogP contribution in [0.2, 0.25) is 5.02 Å². The summed E-state index contributed by atoms with van der Waals surface area (Å²) in [6.45, 7) is 1.94. The van der Waals surface area contributed by atoms with Crippen LogP contribution in [0.1, 0.15) is 5.56 Å². The van der Waals surface area contributed by atoms with Gasteiger partial charge in [0.1, 0.15) is 0 Å². The predicted octanol–water partition coefficient (Wildman–Crippen LogP) is 2.32. The van der Waals surface area contributed by atoms with Crippen LogP contribution < -0.4 is 0 Å². The molecule has 3 heteroatoms. The van der Waals surface area contributed by atoms with Gasteiger partial charge in [-0.1, -0.05) is 11.6 Å². The van der Waals surface area contributed by atoms with Gasteiger partial charge in [-0.3, -0.25) is 5.10 Å². The van der Waals surface area contributed by atoms with Gasteiger partial charge in [0, 0.05) is 11.5 Å². The van der Waals surface area contributed by atoms with E-state index in [0.29, 0.717) is 5.02 Å². The highest BCUT2D eigenvalue weighted by molar-refractivity contribution is 6.31. The molecule has 0 saturated heterocycles. The molecule has 0 fully saturated rings. The molecule has 0 aliphatic rings. The molecular weight excluding hydrogens is 160 g/mol. The van der Waals surface area contributed by atoms with Crippen molar-refractivity contribution < 1.29 is 0 Å². The Bertz CT molecular complexity index is 356. The molecule has 2 aromatic rings. The van der Waals surface area contributed by atoms with Crippen molar-refractivity contribution in [2.24, 2.45) is 0 Å². The summed E-state index contributed by atoms with van der Waals surface area (Å²) in [5, 5.41) is 8.31. The van der Waals surface area contributed by atoms with Crippen LogP contribution in [0.5, 0.6) is 0 Å². The maximum Gasteiger partial charge on any atom is 0.0660 e. The largest absolute Gasteiger partial charge is 0.278 e. The lowest BCUT2D eigenvalue weighted by Crippen LogP contribution is -1.75. The van der Waals surface area contributed by atoms with Gasteiger partial charge < -0.3 is 0 Å². The molecule has 2 rings (SSSR count). The second-order valence-corrected chi connectivity index (χ2v) is 2.84. The minimum absolute atomic E-state index is 0.666. The van der Waals surface area contributed by atoms with Gasteiger partial charge in [-0.25, -0.2) is 0 Å². The van der Waals surface area contributed by atoms with E-state index in [1.807, 2.05) is 13.0 Å². The Morgan fingerprint density at radius 2 is 2.45 bits per heavy atom. The highest BCUT2D eigenvalue weighted by atomic mass is 35.5. The van der Waals surface area contributed by atoms with Gasteiger partial charge in [-0.15, -0.1) is 0 Å². The van der Waals surface area contributed by atoms with E-state index in [-0.39, 0.29) is 0 Å². The molecule has 11 heavy (non-hydrogen) atoms. The molecule has 1 aromatic heterocycles. The highest BCUT2D eigenvalue weighted by Gasteiger charge is 1.99. The summed E-state index contributed by atoms with van der Waals surface area (Å²) in [5.41, 5.74) is 2.00. The zero-order valence-corrected chi connectivity index (χ0v) is 6.74. The molecule has 0 spiro atoms. The van der Waals surface area contributed by atoms with Crippen molar-refractivity contribution in [1.82, 2.24) is 10.2 Å². The van der Waals surface area contributed by atoms with Gasteiger partial charge in [0.15, 0.2) is 0 Å². The Hall–Kier alpha value is -1.02. The Morgan fingerprint density at radius 1 is 1.64 bits per heavy atom. The van der Waals surface area contributed by atoms with Gasteiger partial charge in [0.05, 0.1) is 16.7 Å². The second kappa shape index (κ2) is 2.24. The lowest BCUT2D eigenvalue weighted by Gasteiger charge is -1.94. The second-order valence-electron chi connectivity index (χ2n) is 2.46. The SMILES string of the molecule is Cc1cc2[nH]ncc2[c]c1Cl. The molecule has 0 saturated carbocycles. The van der Waals surface area contributed by atoms with E-state index in [4.69, 9.17) is 11.6 Å². The molecule has 1 N–H and O–H groups in total. The maximum absolute atomic E-state index is 5.85. The van der Waals surface area contributed by atoms with Crippen molar-refractivity contribution in [2.75, 3.05) is 0 Å². The van der Waals surface area contributed by atoms with Gasteiger partial charge >= 0.3 is 0 Å². The van der Waals surface area contributed by atoms with Crippen LogP contribution in [0, 0.1) is 13.0 Å². The number of hydrogen-bond donors (Lipinski definition) is 1. The molecule has 1 heterocycles. The molecular formula is C8H6ClN2. The number of nitrogens with one attached hydrogen (secondary N) is 1. The first kappa shape index (κ1) is 6.68. The molecule has 2 nitrogen and oxygen atoms in total. The lowest BCUT2D eigenvalue weighted by atomic mass is 10.2. The summed E-state index contributed by atoms with van der Waals surface area (Å²) in [4.78, 5) is 0. The number of nitrogens with zero attached hydrogens (tertiary/aromatic N) is 1. The van der Waals surface area contributed by atoms with Gasteiger partial charge in [0.2, 0.25) is 0 Å². The molecule has 0 atom stereocenters. The van der Waals surface area contributed by atoms with Gasteiger partial charge in [-0.2, -0.15) is 5.10 Å². The minimum atomic E-state index is 0.666. The van der Waals surface area contributed by atoms with E-state index in [1.165, 1.54) is 0 Å². The number of hydrogen-bond acceptors (Lipinski definition) is 1. The average Bonchev–Trinajstić information content (AvgIpc) is 2.36. The fraction of sp³-hybridized carbons (Fsp3) is 0.125. The fourth-order valence-electron chi connectivity index (χ4n) is 1.00. The van der Waals surface area contributed by atoms with Crippen molar-refractivity contribution in [3.8, 4) is 0 Å². The smallest absolute Gasteiger partial charge is 0.0660 e. The molecule has 0 amide bonds. The summed E-state index contributed by atoms with van der Waals surface area (Å²) in [7, 11) is 0. The van der Waals surface area contributed by atoms with Crippen LogP contribution in [-0.4, -0.2) is 10.2 Å². The summed E-state index contributed by atoms with van der Waals surface area (Å²) in [5.74, 6) is 0. The van der Waals surface area contributed by atoms with E-state index in [9.17, 15) is 0 Å². The van der Waals surface area contributed by atoms with E-state index in [2.05, 4.69) is 16.3 Å². The molecule has 0 aliphatic heterocycles. The zero-order chi connectivity index (χ0) is 7.84. The number of fused-ring (bicyclic) bond motifs is 1. The Balaban J connectivity index is 2.86. The third-order valence-corrected chi connectivity index (χ3v) is 2.01. The number of aromatic nitrogens is 2. The number of H-pyrrole nitrogens is 1. The van der Waals surface area contributed by atoms with E-state index in [0.717, 1.165) is 16.5 Å². The molecule has 0 unspecified atom stereocenters. The zero-order valence-electron chi connectivity index (χ0n) is 5.98. The first-order valence-electron chi connectivity index (χ1n) is 3.29. The minimum Gasteiger partial charge on any atom is -0.278 e. The average molecular weight is 166 g/mol. The normalized spacial score (nSPS) is 10.7. The van der Waals surface area contributed by atoms with Crippen molar-refractivity contribution in [3.05, 3.63) is 28.9 Å². The topological polar surface area (TPSA) is 28.7 Å². The number of halogens is 1. The Morgan fingerprint density at radius 3 is 3.27 bits per heavy atom. The van der Waals surface area contributed by atoms with E-state index in [1.54, 1.807) is 6.20 Å². The van der Waals surface area contributed by atoms with Gasteiger partial charge in [0.25, 0.3) is 0 Å². The standard InChI is InChI=1S/C8H6ClN2/c1-5-2-8-6(3-7(5)9)4-10-11-8/h2,4H,1H3,(H,10,11). The lowest BCUT2D eigenvalue weighted by molar-refractivity contribution is 1.12. The number of aromatic amines is 1. The van der Waals surface area contributed by atoms with Crippen molar-refractivity contribution >= 4 is 22.5 Å². The third-order valence-electron chi connectivity index (χ3n) is 1.62. The first-order chi connectivity index (χ1) is 5.27. The molecule has 0 aliphatic carbocycles. The molecule has 0 bridgehead atoms. The summed E-state index contributed by atoms with van der Waals surface area (Å²) in [6, 6.07) is 4.97. The van der Waals surface area contributed by atoms with Crippen LogP contribution in [0.3, 0.4) is 0 Å². The van der Waals surface area contributed by atoms with E-state index < -0.39 is 0 Å². The Kier molecular flexibility index (Phi) is 1.36. The summed E-state index contributed by atoms with van der Waals surface area (Å²) >= 11 is 5.85. The van der Waals surface area contributed by atoms with Crippen molar-refractivity contribution in [2.45, 2.75) is 6.92 Å². The van der Waals surface area contributed by atoms with Crippen LogP contribution in [0.15, 0.2) is 12.3 Å². The molecule has 1 radical (unpaired) electrons. The Labute approximate surface area is 69.2 Å². The fourth-order valence-corrected chi connectivity index (χ4v) is 1.16. The first-order valence-corrected chi connectivity index (χ1v) is 3.66. The van der Waals surface area contributed by atoms with Crippen LogP contribution in [0.25, 0.3) is 10.9 Å². The van der Waals surface area contributed by atoms with Crippen molar-refractivity contribution in [1.29, 1.82) is 0 Å². The summed E-state index contributed by atoms with van der Waals surface area (Å²) < 4.78 is 0. The number of aryl methyl sites for hydroxylation is 1. The quantitative estimate of drug-likeness (QED) is 0.638. The number of rotatable bonds is 0. The highest BCUT2D eigenvalue weighted by Crippen LogP contribution is 2.20. The molecule has 1 aromatic carbocycles. The monoisotopic (exact) mass is 165 g/mol. The van der Waals surface area contributed by atoms with Crippen LogP contribution in [0.4, 0.5) is 0 Å².